The van der Waals surface area contributed by atoms with E-state index in [1.165, 1.54) is 4.31 Å². The minimum atomic E-state index is -3.25. The van der Waals surface area contributed by atoms with Crippen molar-refractivity contribution in [1.82, 2.24) is 18.8 Å². The maximum absolute atomic E-state index is 12.2. The minimum absolute atomic E-state index is 0.118. The van der Waals surface area contributed by atoms with E-state index in [2.05, 4.69) is 9.97 Å². The molecule has 0 spiro atoms. The molecule has 1 aliphatic heterocycles. The summed E-state index contributed by atoms with van der Waals surface area (Å²) in [5, 5.41) is -0.387. The molecule has 21 heavy (non-hydrogen) atoms. The highest BCUT2D eigenvalue weighted by molar-refractivity contribution is 7.89. The number of imidazole rings is 1. The van der Waals surface area contributed by atoms with Crippen LogP contribution >= 0.6 is 0 Å². The number of aromatic nitrogens is 3. The van der Waals surface area contributed by atoms with Gasteiger partial charge in [0.2, 0.25) is 10.0 Å². The van der Waals surface area contributed by atoms with Crippen LogP contribution in [0.2, 0.25) is 0 Å². The molecule has 1 atom stereocenters. The van der Waals surface area contributed by atoms with Gasteiger partial charge in [0.25, 0.3) is 0 Å². The third-order valence-electron chi connectivity index (χ3n) is 4.16. The molecule has 1 unspecified atom stereocenters. The lowest BCUT2D eigenvalue weighted by Crippen LogP contribution is -2.54. The Morgan fingerprint density at radius 1 is 1.48 bits per heavy atom. The van der Waals surface area contributed by atoms with Gasteiger partial charge in [0, 0.05) is 19.3 Å². The number of pyridine rings is 1. The molecule has 1 fully saturated rings. The first-order valence-electron chi connectivity index (χ1n) is 6.98. The summed E-state index contributed by atoms with van der Waals surface area (Å²) in [5.41, 5.74) is 1.22. The summed E-state index contributed by atoms with van der Waals surface area (Å²) >= 11 is 0. The van der Waals surface area contributed by atoms with Gasteiger partial charge in [0.15, 0.2) is 0 Å². The van der Waals surface area contributed by atoms with E-state index in [1.807, 2.05) is 6.92 Å². The Bertz CT molecular complexity index is 817. The number of nitrogens with zero attached hydrogens (tertiary/aromatic N) is 3. The van der Waals surface area contributed by atoms with Crippen molar-refractivity contribution in [3.63, 3.8) is 0 Å². The van der Waals surface area contributed by atoms with Gasteiger partial charge in [-0.25, -0.2) is 13.2 Å². The van der Waals surface area contributed by atoms with Crippen molar-refractivity contribution in [3.05, 3.63) is 28.9 Å². The number of fused-ring (bicyclic) bond motifs is 1. The number of sulfonamides is 1. The zero-order chi connectivity index (χ0) is 15.2. The summed E-state index contributed by atoms with van der Waals surface area (Å²) in [6.45, 7) is 4.27. The SMILES string of the molecule is CCC(C)S(=O)(=O)N1CC(n2c(=O)[nH]c3cnccc32)C1. The Morgan fingerprint density at radius 2 is 2.19 bits per heavy atom. The van der Waals surface area contributed by atoms with Crippen LogP contribution in [0.4, 0.5) is 0 Å². The highest BCUT2D eigenvalue weighted by atomic mass is 32.2. The Kier molecular flexibility index (Phi) is 3.37. The molecule has 1 aliphatic rings. The smallest absolute Gasteiger partial charge is 0.304 e. The van der Waals surface area contributed by atoms with Crippen LogP contribution in [0.3, 0.4) is 0 Å². The van der Waals surface area contributed by atoms with Crippen molar-refractivity contribution in [2.24, 2.45) is 0 Å². The lowest BCUT2D eigenvalue weighted by atomic mass is 10.2. The van der Waals surface area contributed by atoms with Gasteiger partial charge in [-0.15, -0.1) is 0 Å². The van der Waals surface area contributed by atoms with Crippen LogP contribution in [0.1, 0.15) is 26.3 Å². The van der Waals surface area contributed by atoms with Gasteiger partial charge in [-0.1, -0.05) is 6.92 Å². The summed E-state index contributed by atoms with van der Waals surface area (Å²) in [5.74, 6) is 0. The van der Waals surface area contributed by atoms with Crippen molar-refractivity contribution >= 4 is 21.1 Å². The van der Waals surface area contributed by atoms with Gasteiger partial charge in [-0.3, -0.25) is 9.55 Å². The Morgan fingerprint density at radius 3 is 2.86 bits per heavy atom. The van der Waals surface area contributed by atoms with Gasteiger partial charge >= 0.3 is 5.69 Å². The third kappa shape index (κ3) is 2.18. The fourth-order valence-electron chi connectivity index (χ4n) is 2.59. The quantitative estimate of drug-likeness (QED) is 0.901. The molecule has 1 N–H and O–H groups in total. The number of hydrogen-bond donors (Lipinski definition) is 1. The van der Waals surface area contributed by atoms with Gasteiger partial charge in [-0.05, 0) is 19.4 Å². The maximum Gasteiger partial charge on any atom is 0.326 e. The van der Waals surface area contributed by atoms with Crippen LogP contribution in [-0.2, 0) is 10.0 Å². The second-order valence-electron chi connectivity index (χ2n) is 5.43. The number of nitrogens with one attached hydrogen (secondary N) is 1. The second kappa shape index (κ2) is 4.96. The molecule has 0 aromatic carbocycles. The standard InChI is InChI=1S/C13H18N4O3S/c1-3-9(2)21(19,20)16-7-10(8-16)17-12-4-5-14-6-11(12)15-13(17)18/h4-6,9-10H,3,7-8H2,1-2H3,(H,15,18). The third-order valence-corrected chi connectivity index (χ3v) is 6.52. The van der Waals surface area contributed by atoms with E-state index in [0.29, 0.717) is 25.0 Å². The molecule has 8 heteroatoms. The predicted molar refractivity (Wildman–Crippen MR) is 79.6 cm³/mol. The Balaban J connectivity index is 1.86. The lowest BCUT2D eigenvalue weighted by molar-refractivity contribution is 0.203. The predicted octanol–water partition coefficient (Wildman–Crippen LogP) is 0.710. The first-order chi connectivity index (χ1) is 9.95. The van der Waals surface area contributed by atoms with E-state index in [-0.39, 0.29) is 17.0 Å². The van der Waals surface area contributed by atoms with Crippen LogP contribution in [0.25, 0.3) is 11.0 Å². The molecule has 0 amide bonds. The zero-order valence-corrected chi connectivity index (χ0v) is 12.8. The number of H-pyrrole nitrogens is 1. The van der Waals surface area contributed by atoms with Crippen molar-refractivity contribution in [2.45, 2.75) is 31.6 Å². The van der Waals surface area contributed by atoms with E-state index in [0.717, 1.165) is 5.52 Å². The van der Waals surface area contributed by atoms with Gasteiger partial charge in [0.05, 0.1) is 28.5 Å². The van der Waals surface area contributed by atoms with E-state index >= 15 is 0 Å². The van der Waals surface area contributed by atoms with Crippen molar-refractivity contribution in [2.75, 3.05) is 13.1 Å². The monoisotopic (exact) mass is 310 g/mol. The van der Waals surface area contributed by atoms with Crippen LogP contribution in [0.5, 0.6) is 0 Å². The van der Waals surface area contributed by atoms with Crippen molar-refractivity contribution in [3.8, 4) is 0 Å². The summed E-state index contributed by atoms with van der Waals surface area (Å²) in [4.78, 5) is 18.7. The second-order valence-corrected chi connectivity index (χ2v) is 7.78. The molecule has 3 heterocycles. The van der Waals surface area contributed by atoms with Crippen LogP contribution in [0.15, 0.2) is 23.3 Å². The molecule has 2 aromatic heterocycles. The molecule has 3 rings (SSSR count). The highest BCUT2D eigenvalue weighted by Gasteiger charge is 2.40. The van der Waals surface area contributed by atoms with Crippen molar-refractivity contribution < 1.29 is 8.42 Å². The van der Waals surface area contributed by atoms with Crippen LogP contribution < -0.4 is 5.69 Å². The molecule has 1 saturated heterocycles. The number of rotatable bonds is 4. The molecule has 0 bridgehead atoms. The van der Waals surface area contributed by atoms with Crippen molar-refractivity contribution in [1.29, 1.82) is 0 Å². The van der Waals surface area contributed by atoms with E-state index in [1.54, 1.807) is 30.0 Å². The lowest BCUT2D eigenvalue weighted by Gasteiger charge is -2.39. The highest BCUT2D eigenvalue weighted by Crippen LogP contribution is 2.28. The summed E-state index contributed by atoms with van der Waals surface area (Å²) in [7, 11) is -3.25. The molecule has 0 saturated carbocycles. The van der Waals surface area contributed by atoms with E-state index in [4.69, 9.17) is 0 Å². The maximum atomic E-state index is 12.2. The van der Waals surface area contributed by atoms with Gasteiger partial charge in [0.1, 0.15) is 0 Å². The Labute approximate surface area is 122 Å². The fourth-order valence-corrected chi connectivity index (χ4v) is 4.28. The summed E-state index contributed by atoms with van der Waals surface area (Å²) in [6, 6.07) is 1.64. The minimum Gasteiger partial charge on any atom is -0.304 e. The normalized spacial score (nSPS) is 18.8. The Hall–Kier alpha value is -1.67. The number of aromatic amines is 1. The zero-order valence-electron chi connectivity index (χ0n) is 12.0. The molecule has 114 valence electrons. The first kappa shape index (κ1) is 14.3. The fraction of sp³-hybridized carbons (Fsp3) is 0.538. The molecule has 0 aliphatic carbocycles. The van der Waals surface area contributed by atoms with E-state index in [9.17, 15) is 13.2 Å². The molecule has 2 aromatic rings. The summed E-state index contributed by atoms with van der Waals surface area (Å²) in [6.07, 6.45) is 3.81. The topological polar surface area (TPSA) is 88.1 Å². The largest absolute Gasteiger partial charge is 0.326 e. The molecular weight excluding hydrogens is 292 g/mol. The molecule has 0 radical (unpaired) electrons. The van der Waals surface area contributed by atoms with Crippen LogP contribution in [-0.4, -0.2) is 45.6 Å². The van der Waals surface area contributed by atoms with Gasteiger partial charge in [-0.2, -0.15) is 4.31 Å². The van der Waals surface area contributed by atoms with Gasteiger partial charge < -0.3 is 4.98 Å². The first-order valence-corrected chi connectivity index (χ1v) is 8.48. The summed E-state index contributed by atoms with van der Waals surface area (Å²) < 4.78 is 27.5. The van der Waals surface area contributed by atoms with Crippen LogP contribution in [0, 0.1) is 0 Å². The van der Waals surface area contributed by atoms with E-state index < -0.39 is 10.0 Å². The average molecular weight is 310 g/mol. The molecular formula is C13H18N4O3S. The molecule has 7 nitrogen and oxygen atoms in total. The number of hydrogen-bond acceptors (Lipinski definition) is 4. The average Bonchev–Trinajstić information content (AvgIpc) is 2.73.